The third-order valence-corrected chi connectivity index (χ3v) is 2.84. The summed E-state index contributed by atoms with van der Waals surface area (Å²) in [6, 6.07) is 1.08. The largest absolute Gasteiger partial charge is 0.416 e. The van der Waals surface area contributed by atoms with Gasteiger partial charge < -0.3 is 5.73 Å². The molecule has 0 saturated carbocycles. The minimum atomic E-state index is -4.70. The second kappa shape index (κ2) is 5.74. The summed E-state index contributed by atoms with van der Waals surface area (Å²) < 4.78 is 37.4. The van der Waals surface area contributed by atoms with E-state index in [0.29, 0.717) is 12.1 Å². The summed E-state index contributed by atoms with van der Waals surface area (Å²) >= 11 is 8.18. The van der Waals surface area contributed by atoms with Gasteiger partial charge in [-0.15, -0.1) is 11.6 Å². The average molecular weight is 361 g/mol. The van der Waals surface area contributed by atoms with E-state index in [4.69, 9.17) is 17.3 Å². The van der Waals surface area contributed by atoms with Crippen LogP contribution in [-0.4, -0.2) is 16.6 Å². The molecule has 0 amide bonds. The number of hydrogen-bond acceptors (Lipinski definition) is 3. The molecule has 0 bridgehead atoms. The number of nitrogens with zero attached hydrogens (tertiary/aromatic N) is 2. The normalized spacial score (nSPS) is 12.6. The fraction of sp³-hybridized carbons (Fsp3) is 0.222. The Hall–Kier alpha value is -1.35. The molecule has 0 heterocycles. The molecule has 0 spiro atoms. The molecule has 1 aromatic rings. The van der Waals surface area contributed by atoms with Crippen LogP contribution in [0, 0.1) is 10.1 Å². The van der Waals surface area contributed by atoms with Gasteiger partial charge in [-0.1, -0.05) is 0 Å². The molecule has 1 rings (SSSR count). The van der Waals surface area contributed by atoms with Gasteiger partial charge in [0.25, 0.3) is 5.69 Å². The van der Waals surface area contributed by atoms with E-state index in [0.717, 1.165) is 0 Å². The van der Waals surface area contributed by atoms with Crippen LogP contribution in [0.4, 0.5) is 24.5 Å². The molecule has 0 saturated heterocycles. The van der Waals surface area contributed by atoms with Crippen molar-refractivity contribution in [2.24, 2.45) is 10.7 Å². The topological polar surface area (TPSA) is 81.5 Å². The third kappa shape index (κ3) is 3.80. The molecule has 0 fully saturated rings. The highest BCUT2D eigenvalue weighted by atomic mass is 79.9. The Balaban J connectivity index is 3.53. The highest BCUT2D eigenvalue weighted by molar-refractivity contribution is 9.10. The molecule has 0 aliphatic rings. The Morgan fingerprint density at radius 2 is 2.11 bits per heavy atom. The van der Waals surface area contributed by atoms with Crippen LogP contribution in [-0.2, 0) is 6.18 Å². The number of amidine groups is 1. The molecule has 5 nitrogen and oxygen atoms in total. The Morgan fingerprint density at radius 3 is 2.53 bits per heavy atom. The summed E-state index contributed by atoms with van der Waals surface area (Å²) in [7, 11) is 0. The predicted octanol–water partition coefficient (Wildman–Crippen LogP) is 3.60. The lowest BCUT2D eigenvalue weighted by Crippen LogP contribution is -2.13. The highest BCUT2D eigenvalue weighted by Crippen LogP contribution is 2.41. The minimum Gasteiger partial charge on any atom is -0.386 e. The van der Waals surface area contributed by atoms with Gasteiger partial charge in [-0.05, 0) is 22.0 Å². The van der Waals surface area contributed by atoms with Crippen LogP contribution < -0.4 is 5.73 Å². The fourth-order valence-corrected chi connectivity index (χ4v) is 1.77. The van der Waals surface area contributed by atoms with Crippen molar-refractivity contribution in [2.75, 3.05) is 5.88 Å². The van der Waals surface area contributed by atoms with Crippen LogP contribution in [0.5, 0.6) is 0 Å². The number of nitro benzene ring substituents is 1. The zero-order valence-corrected chi connectivity index (χ0v) is 11.4. The lowest BCUT2D eigenvalue weighted by atomic mass is 10.1. The molecule has 0 atom stereocenters. The van der Waals surface area contributed by atoms with Gasteiger partial charge in [0, 0.05) is 6.07 Å². The van der Waals surface area contributed by atoms with Crippen LogP contribution in [0.25, 0.3) is 0 Å². The van der Waals surface area contributed by atoms with E-state index < -0.39 is 22.4 Å². The van der Waals surface area contributed by atoms with Crippen molar-refractivity contribution in [3.63, 3.8) is 0 Å². The van der Waals surface area contributed by atoms with Crippen molar-refractivity contribution in [3.8, 4) is 0 Å². The number of halogens is 5. The van der Waals surface area contributed by atoms with Crippen LogP contribution >= 0.6 is 27.5 Å². The standard InChI is InChI=1S/C9H6BrClF3N3O2/c10-5-1-4(9(12,13)14)2-6(17(18)19)8(5)16-7(15)3-11/h1-2H,3H2,(H2,15,16). The lowest BCUT2D eigenvalue weighted by molar-refractivity contribution is -0.384. The number of nitrogens with two attached hydrogens (primary N) is 1. The first-order chi connectivity index (χ1) is 8.66. The zero-order chi connectivity index (χ0) is 14.8. The number of benzene rings is 1. The molecule has 0 radical (unpaired) electrons. The summed E-state index contributed by atoms with van der Waals surface area (Å²) in [5, 5.41) is 10.8. The van der Waals surface area contributed by atoms with E-state index in [9.17, 15) is 23.3 Å². The van der Waals surface area contributed by atoms with Crippen molar-refractivity contribution >= 4 is 44.7 Å². The SMILES string of the molecule is NC(CCl)=Nc1c(Br)cc(C(F)(F)F)cc1[N+](=O)[O-]. The summed E-state index contributed by atoms with van der Waals surface area (Å²) in [6.07, 6.45) is -4.70. The first-order valence-corrected chi connectivity index (χ1v) is 5.93. The van der Waals surface area contributed by atoms with Crippen molar-refractivity contribution in [3.05, 3.63) is 32.3 Å². The third-order valence-electron chi connectivity index (χ3n) is 1.96. The van der Waals surface area contributed by atoms with E-state index in [1.807, 2.05) is 0 Å². The van der Waals surface area contributed by atoms with Gasteiger partial charge in [-0.2, -0.15) is 13.2 Å². The summed E-state index contributed by atoms with van der Waals surface area (Å²) in [5.41, 5.74) is 3.04. The van der Waals surface area contributed by atoms with Crippen LogP contribution in [0.3, 0.4) is 0 Å². The monoisotopic (exact) mass is 359 g/mol. The van der Waals surface area contributed by atoms with E-state index >= 15 is 0 Å². The molecule has 10 heteroatoms. The number of aliphatic imine (C=N–C) groups is 1. The van der Waals surface area contributed by atoms with Gasteiger partial charge >= 0.3 is 6.18 Å². The first-order valence-electron chi connectivity index (χ1n) is 4.61. The molecular formula is C9H6BrClF3N3O2. The van der Waals surface area contributed by atoms with Crippen LogP contribution in [0.2, 0.25) is 0 Å². The highest BCUT2D eigenvalue weighted by Gasteiger charge is 2.34. The summed E-state index contributed by atoms with van der Waals surface area (Å²) in [5.74, 6) is -0.352. The number of alkyl halides is 4. The lowest BCUT2D eigenvalue weighted by Gasteiger charge is -2.09. The molecule has 0 aromatic heterocycles. The number of hydrogen-bond donors (Lipinski definition) is 1. The van der Waals surface area contributed by atoms with Crippen LogP contribution in [0.15, 0.2) is 21.6 Å². The van der Waals surface area contributed by atoms with Gasteiger partial charge in [0.05, 0.1) is 20.8 Å². The quantitative estimate of drug-likeness (QED) is 0.294. The molecular weight excluding hydrogens is 354 g/mol. The molecule has 104 valence electrons. The maximum Gasteiger partial charge on any atom is 0.416 e. The van der Waals surface area contributed by atoms with Gasteiger partial charge in [0.1, 0.15) is 5.84 Å². The summed E-state index contributed by atoms with van der Waals surface area (Å²) in [6.45, 7) is 0. The first kappa shape index (κ1) is 15.7. The number of nitro groups is 1. The van der Waals surface area contributed by atoms with E-state index in [1.165, 1.54) is 0 Å². The molecule has 0 aliphatic heterocycles. The van der Waals surface area contributed by atoms with Crippen molar-refractivity contribution in [2.45, 2.75) is 6.18 Å². The van der Waals surface area contributed by atoms with Crippen molar-refractivity contribution < 1.29 is 18.1 Å². The van der Waals surface area contributed by atoms with Gasteiger partial charge in [-0.25, -0.2) is 4.99 Å². The van der Waals surface area contributed by atoms with E-state index in [-0.39, 0.29) is 21.9 Å². The molecule has 0 unspecified atom stereocenters. The number of rotatable bonds is 3. The zero-order valence-electron chi connectivity index (χ0n) is 9.04. The Bertz CT molecular complexity index is 548. The molecule has 2 N–H and O–H groups in total. The maximum absolute atomic E-state index is 12.5. The van der Waals surface area contributed by atoms with E-state index in [1.54, 1.807) is 0 Å². The molecule has 1 aromatic carbocycles. The maximum atomic E-state index is 12.5. The summed E-state index contributed by atoms with van der Waals surface area (Å²) in [4.78, 5) is 13.5. The second-order valence-electron chi connectivity index (χ2n) is 3.32. The van der Waals surface area contributed by atoms with Gasteiger partial charge in [0.15, 0.2) is 5.69 Å². The van der Waals surface area contributed by atoms with Crippen molar-refractivity contribution in [1.82, 2.24) is 0 Å². The Morgan fingerprint density at radius 1 is 1.53 bits per heavy atom. The minimum absolute atomic E-state index is 0.148. The van der Waals surface area contributed by atoms with Gasteiger partial charge in [-0.3, -0.25) is 10.1 Å². The van der Waals surface area contributed by atoms with Gasteiger partial charge in [0.2, 0.25) is 0 Å². The Kier molecular flexibility index (Phi) is 4.75. The average Bonchev–Trinajstić information content (AvgIpc) is 2.29. The van der Waals surface area contributed by atoms with Crippen molar-refractivity contribution in [1.29, 1.82) is 0 Å². The fourth-order valence-electron chi connectivity index (χ4n) is 1.17. The van der Waals surface area contributed by atoms with Crippen LogP contribution in [0.1, 0.15) is 5.56 Å². The second-order valence-corrected chi connectivity index (χ2v) is 4.44. The Labute approximate surface area is 118 Å². The smallest absolute Gasteiger partial charge is 0.386 e. The predicted molar refractivity (Wildman–Crippen MR) is 67.8 cm³/mol. The molecule has 0 aliphatic carbocycles. The molecule has 19 heavy (non-hydrogen) atoms. The van der Waals surface area contributed by atoms with E-state index in [2.05, 4.69) is 20.9 Å².